The molecule has 0 amide bonds. The van der Waals surface area contributed by atoms with E-state index in [1.54, 1.807) is 0 Å². The van der Waals surface area contributed by atoms with Crippen molar-refractivity contribution in [1.82, 2.24) is 5.32 Å². The van der Waals surface area contributed by atoms with E-state index < -0.39 is 0 Å². The van der Waals surface area contributed by atoms with Gasteiger partial charge in [-0.05, 0) is 56.3 Å². The molecule has 3 heteroatoms. The highest BCUT2D eigenvalue weighted by Gasteiger charge is 2.46. The monoisotopic (exact) mass is 207 g/mol. The smallest absolute Gasteiger partial charge is 0.188 e. The maximum atomic E-state index is 5.84. The lowest BCUT2D eigenvalue weighted by Crippen LogP contribution is -2.43. The predicted molar refractivity (Wildman–Crippen MR) is 61.6 cm³/mol. The van der Waals surface area contributed by atoms with Crippen LogP contribution >= 0.6 is 0 Å². The minimum Gasteiger partial charge on any atom is -0.370 e. The Bertz CT molecular complexity index is 266. The van der Waals surface area contributed by atoms with E-state index in [-0.39, 0.29) is 0 Å². The van der Waals surface area contributed by atoms with Crippen molar-refractivity contribution in [1.29, 1.82) is 0 Å². The van der Waals surface area contributed by atoms with Crippen LogP contribution in [0.4, 0.5) is 0 Å². The van der Waals surface area contributed by atoms with Gasteiger partial charge in [-0.25, -0.2) is 0 Å². The van der Waals surface area contributed by atoms with E-state index in [0.29, 0.717) is 12.0 Å². The van der Waals surface area contributed by atoms with Gasteiger partial charge in [0.25, 0.3) is 0 Å². The van der Waals surface area contributed by atoms with Gasteiger partial charge in [-0.3, -0.25) is 4.99 Å². The Hall–Kier alpha value is -0.730. The molecule has 0 aromatic heterocycles. The second-order valence-electron chi connectivity index (χ2n) is 5.50. The standard InChI is InChI=1S/C12H21N3/c13-12(15-10-2-1-3-10)14-7-9-6-11(9)8-4-5-8/h8-11H,1-7H2,(H3,13,14,15)/t9-,11-/m0/s1. The molecule has 0 saturated heterocycles. The molecule has 0 aromatic rings. The Morgan fingerprint density at radius 2 is 2.07 bits per heavy atom. The summed E-state index contributed by atoms with van der Waals surface area (Å²) in [5.41, 5.74) is 5.84. The number of hydrogen-bond donors (Lipinski definition) is 2. The van der Waals surface area contributed by atoms with E-state index in [1.807, 2.05) is 0 Å². The molecule has 0 aliphatic heterocycles. The van der Waals surface area contributed by atoms with Gasteiger partial charge in [-0.1, -0.05) is 0 Å². The zero-order chi connectivity index (χ0) is 10.3. The topological polar surface area (TPSA) is 50.4 Å². The third-order valence-electron chi connectivity index (χ3n) is 4.16. The maximum Gasteiger partial charge on any atom is 0.188 e. The quantitative estimate of drug-likeness (QED) is 0.542. The van der Waals surface area contributed by atoms with Crippen LogP contribution in [-0.2, 0) is 0 Å². The van der Waals surface area contributed by atoms with E-state index in [4.69, 9.17) is 5.73 Å². The van der Waals surface area contributed by atoms with Crippen molar-refractivity contribution in [2.24, 2.45) is 28.5 Å². The van der Waals surface area contributed by atoms with Crippen LogP contribution in [0, 0.1) is 17.8 Å². The van der Waals surface area contributed by atoms with E-state index in [1.165, 1.54) is 38.5 Å². The summed E-state index contributed by atoms with van der Waals surface area (Å²) in [6.07, 6.45) is 8.23. The van der Waals surface area contributed by atoms with Gasteiger partial charge in [-0.2, -0.15) is 0 Å². The Balaban J connectivity index is 1.38. The molecule has 3 rings (SSSR count). The van der Waals surface area contributed by atoms with Crippen LogP contribution < -0.4 is 11.1 Å². The molecule has 3 fully saturated rings. The Kier molecular flexibility index (Phi) is 2.33. The van der Waals surface area contributed by atoms with Gasteiger partial charge >= 0.3 is 0 Å². The lowest BCUT2D eigenvalue weighted by atomic mass is 9.93. The molecule has 15 heavy (non-hydrogen) atoms. The average Bonchev–Trinajstić information content (AvgIpc) is 2.97. The fourth-order valence-electron chi connectivity index (χ4n) is 2.61. The molecule has 0 spiro atoms. The molecule has 3 aliphatic carbocycles. The molecule has 84 valence electrons. The lowest BCUT2D eigenvalue weighted by molar-refractivity contribution is 0.382. The normalized spacial score (nSPS) is 36.1. The van der Waals surface area contributed by atoms with Crippen LogP contribution in [0.2, 0.25) is 0 Å². The molecule has 3 nitrogen and oxygen atoms in total. The summed E-state index contributed by atoms with van der Waals surface area (Å²) in [5.74, 6) is 3.61. The summed E-state index contributed by atoms with van der Waals surface area (Å²) in [5, 5.41) is 3.29. The van der Waals surface area contributed by atoms with Gasteiger partial charge in [0.05, 0.1) is 0 Å². The van der Waals surface area contributed by atoms with Crippen molar-refractivity contribution in [2.45, 2.75) is 44.6 Å². The average molecular weight is 207 g/mol. The number of nitrogens with zero attached hydrogens (tertiary/aromatic N) is 1. The van der Waals surface area contributed by atoms with Gasteiger partial charge in [0.15, 0.2) is 5.96 Å². The fraction of sp³-hybridized carbons (Fsp3) is 0.917. The van der Waals surface area contributed by atoms with Crippen molar-refractivity contribution in [3.8, 4) is 0 Å². The van der Waals surface area contributed by atoms with Crippen LogP contribution in [0.25, 0.3) is 0 Å². The molecule has 3 saturated carbocycles. The van der Waals surface area contributed by atoms with Crippen LogP contribution in [0.15, 0.2) is 4.99 Å². The number of nitrogens with one attached hydrogen (secondary N) is 1. The minimum absolute atomic E-state index is 0.618. The van der Waals surface area contributed by atoms with Crippen LogP contribution in [0.5, 0.6) is 0 Å². The maximum absolute atomic E-state index is 5.84. The fourth-order valence-corrected chi connectivity index (χ4v) is 2.61. The van der Waals surface area contributed by atoms with Gasteiger partial charge in [0, 0.05) is 12.6 Å². The van der Waals surface area contributed by atoms with Crippen molar-refractivity contribution in [3.63, 3.8) is 0 Å². The van der Waals surface area contributed by atoms with Crippen LogP contribution in [0.3, 0.4) is 0 Å². The van der Waals surface area contributed by atoms with Crippen molar-refractivity contribution in [3.05, 3.63) is 0 Å². The van der Waals surface area contributed by atoms with Gasteiger partial charge in [-0.15, -0.1) is 0 Å². The zero-order valence-electron chi connectivity index (χ0n) is 9.28. The highest BCUT2D eigenvalue weighted by molar-refractivity contribution is 5.78. The molecule has 3 aliphatic rings. The summed E-state index contributed by atoms with van der Waals surface area (Å²) in [6.45, 7) is 0.965. The first-order valence-electron chi connectivity index (χ1n) is 6.39. The van der Waals surface area contributed by atoms with E-state index in [0.717, 1.165) is 24.3 Å². The summed E-state index contributed by atoms with van der Waals surface area (Å²) in [7, 11) is 0. The number of rotatable bonds is 4. The molecule has 0 bridgehead atoms. The van der Waals surface area contributed by atoms with Crippen molar-refractivity contribution >= 4 is 5.96 Å². The molecular weight excluding hydrogens is 186 g/mol. The second kappa shape index (κ2) is 3.69. The van der Waals surface area contributed by atoms with Crippen LogP contribution in [-0.4, -0.2) is 18.5 Å². The molecule has 0 unspecified atom stereocenters. The van der Waals surface area contributed by atoms with Crippen LogP contribution in [0.1, 0.15) is 38.5 Å². The summed E-state index contributed by atoms with van der Waals surface area (Å²) in [4.78, 5) is 4.45. The number of hydrogen-bond acceptors (Lipinski definition) is 1. The first kappa shape index (κ1) is 9.49. The van der Waals surface area contributed by atoms with Crippen molar-refractivity contribution in [2.75, 3.05) is 6.54 Å². The first-order valence-corrected chi connectivity index (χ1v) is 6.39. The number of nitrogens with two attached hydrogens (primary N) is 1. The van der Waals surface area contributed by atoms with Gasteiger partial charge in [0.1, 0.15) is 0 Å². The SMILES string of the molecule is NC(=NC[C@@H]1C[C@H]1C1CC1)NC1CCC1. The Morgan fingerprint density at radius 1 is 1.27 bits per heavy atom. The summed E-state index contributed by atoms with van der Waals surface area (Å²) < 4.78 is 0. The summed E-state index contributed by atoms with van der Waals surface area (Å²) >= 11 is 0. The van der Waals surface area contributed by atoms with E-state index >= 15 is 0 Å². The Morgan fingerprint density at radius 3 is 2.67 bits per heavy atom. The van der Waals surface area contributed by atoms with E-state index in [9.17, 15) is 0 Å². The van der Waals surface area contributed by atoms with Crippen molar-refractivity contribution < 1.29 is 0 Å². The first-order chi connectivity index (χ1) is 7.33. The largest absolute Gasteiger partial charge is 0.370 e. The minimum atomic E-state index is 0.618. The van der Waals surface area contributed by atoms with E-state index in [2.05, 4.69) is 10.3 Å². The Labute approximate surface area is 91.5 Å². The predicted octanol–water partition coefficient (Wildman–Crippen LogP) is 1.49. The molecule has 2 atom stereocenters. The second-order valence-corrected chi connectivity index (χ2v) is 5.50. The highest BCUT2D eigenvalue weighted by Crippen LogP contribution is 2.54. The zero-order valence-corrected chi connectivity index (χ0v) is 9.28. The molecule has 3 N–H and O–H groups in total. The summed E-state index contributed by atoms with van der Waals surface area (Å²) in [6, 6.07) is 0.618. The number of guanidine groups is 1. The highest BCUT2D eigenvalue weighted by atomic mass is 15.1. The number of aliphatic imine (C=N–C) groups is 1. The molecular formula is C12H21N3. The molecule has 0 radical (unpaired) electrons. The lowest BCUT2D eigenvalue weighted by Gasteiger charge is -2.26. The molecule has 0 aromatic carbocycles. The van der Waals surface area contributed by atoms with Gasteiger partial charge < -0.3 is 11.1 Å². The third kappa shape index (κ3) is 2.27. The third-order valence-corrected chi connectivity index (χ3v) is 4.16. The molecule has 0 heterocycles. The van der Waals surface area contributed by atoms with Gasteiger partial charge in [0.2, 0.25) is 0 Å².